The monoisotopic (exact) mass is 296 g/mol. The highest BCUT2D eigenvalue weighted by Crippen LogP contribution is 2.26. The highest BCUT2D eigenvalue weighted by Gasteiger charge is 2.16. The molecule has 0 spiro atoms. The van der Waals surface area contributed by atoms with Crippen LogP contribution in [0.2, 0.25) is 5.02 Å². The Hall–Kier alpha value is -1.81. The molecule has 5 heteroatoms. The van der Waals surface area contributed by atoms with Gasteiger partial charge in [0.15, 0.2) is 12.4 Å². The van der Waals surface area contributed by atoms with E-state index in [1.807, 2.05) is 6.92 Å². The van der Waals surface area contributed by atoms with Crippen LogP contribution in [0.1, 0.15) is 30.6 Å². The Balaban J connectivity index is 2.93. The van der Waals surface area contributed by atoms with Crippen molar-refractivity contribution in [3.8, 4) is 5.75 Å². The zero-order valence-corrected chi connectivity index (χ0v) is 12.3. The molecule has 0 aliphatic carbocycles. The van der Waals surface area contributed by atoms with Crippen molar-refractivity contribution in [3.05, 3.63) is 40.9 Å². The highest BCUT2D eigenvalue weighted by atomic mass is 35.5. The lowest BCUT2D eigenvalue weighted by molar-refractivity contribution is -0.145. The maximum Gasteiger partial charge on any atom is 0.344 e. The fourth-order valence-corrected chi connectivity index (χ4v) is 1.66. The average Bonchev–Trinajstić information content (AvgIpc) is 2.44. The maximum atomic E-state index is 12.1. The van der Waals surface area contributed by atoms with E-state index in [4.69, 9.17) is 21.1 Å². The van der Waals surface area contributed by atoms with Crippen molar-refractivity contribution in [3.63, 3.8) is 0 Å². The van der Waals surface area contributed by atoms with Crippen molar-refractivity contribution >= 4 is 23.4 Å². The summed E-state index contributed by atoms with van der Waals surface area (Å²) < 4.78 is 10.1. The first-order valence-corrected chi connectivity index (χ1v) is 6.67. The Morgan fingerprint density at radius 2 is 2.00 bits per heavy atom. The predicted octanol–water partition coefficient (Wildman–Crippen LogP) is 3.43. The molecule has 0 aromatic heterocycles. The van der Waals surface area contributed by atoms with E-state index >= 15 is 0 Å². The quantitative estimate of drug-likeness (QED) is 0.439. The summed E-state index contributed by atoms with van der Waals surface area (Å²) in [7, 11) is 0. The summed E-state index contributed by atoms with van der Waals surface area (Å²) in [5, 5.41) is 0.419. The number of hydrogen-bond donors (Lipinski definition) is 0. The molecule has 0 amide bonds. The van der Waals surface area contributed by atoms with Crippen LogP contribution >= 0.6 is 11.6 Å². The Kier molecular flexibility index (Phi) is 6.25. The molecule has 0 saturated heterocycles. The molecule has 1 rings (SSSR count). The van der Waals surface area contributed by atoms with Gasteiger partial charge >= 0.3 is 5.97 Å². The lowest BCUT2D eigenvalue weighted by atomic mass is 10.0. The predicted molar refractivity (Wildman–Crippen MR) is 77.3 cm³/mol. The van der Waals surface area contributed by atoms with Gasteiger partial charge in [-0.1, -0.05) is 25.1 Å². The highest BCUT2D eigenvalue weighted by molar-refractivity contribution is 6.31. The Labute approximate surface area is 123 Å². The molecule has 20 heavy (non-hydrogen) atoms. The molecule has 0 aliphatic rings. The van der Waals surface area contributed by atoms with Crippen molar-refractivity contribution in [1.82, 2.24) is 0 Å². The zero-order chi connectivity index (χ0) is 15.1. The minimum Gasteiger partial charge on any atom is -0.481 e. The van der Waals surface area contributed by atoms with E-state index < -0.39 is 5.97 Å². The number of benzene rings is 1. The molecule has 1 aromatic rings. The van der Waals surface area contributed by atoms with Crippen LogP contribution in [-0.4, -0.2) is 25.0 Å². The number of halogens is 1. The maximum absolute atomic E-state index is 12.1. The lowest BCUT2D eigenvalue weighted by Gasteiger charge is -2.11. The van der Waals surface area contributed by atoms with E-state index in [-0.39, 0.29) is 24.7 Å². The first kappa shape index (κ1) is 16.2. The second-order valence-corrected chi connectivity index (χ2v) is 4.46. The van der Waals surface area contributed by atoms with E-state index in [0.717, 1.165) is 0 Å². The third-order valence-electron chi connectivity index (χ3n) is 2.59. The van der Waals surface area contributed by atoms with Gasteiger partial charge in [-0.25, -0.2) is 4.79 Å². The summed E-state index contributed by atoms with van der Waals surface area (Å²) in [5.74, 6) is -0.464. The number of ketones is 1. The largest absolute Gasteiger partial charge is 0.481 e. The van der Waals surface area contributed by atoms with E-state index in [9.17, 15) is 9.59 Å². The van der Waals surface area contributed by atoms with Crippen molar-refractivity contribution < 1.29 is 19.1 Å². The molecular weight excluding hydrogens is 280 g/mol. The number of Topliss-reactive ketones (excluding diaryl/α,β-unsaturated/α-hetero) is 1. The molecule has 0 fully saturated rings. The van der Waals surface area contributed by atoms with Crippen molar-refractivity contribution in [1.29, 1.82) is 0 Å². The molecule has 0 radical (unpaired) electrons. The lowest BCUT2D eigenvalue weighted by Crippen LogP contribution is -2.16. The third kappa shape index (κ3) is 4.38. The molecule has 4 nitrogen and oxygen atoms in total. The van der Waals surface area contributed by atoms with Crippen LogP contribution in [0, 0.1) is 0 Å². The van der Waals surface area contributed by atoms with E-state index in [1.165, 1.54) is 6.07 Å². The number of ether oxygens (including phenoxy) is 2. The van der Waals surface area contributed by atoms with Crippen LogP contribution in [-0.2, 0) is 9.53 Å². The topological polar surface area (TPSA) is 52.6 Å². The number of carbonyl (C=O) groups is 2. The number of esters is 1. The van der Waals surface area contributed by atoms with Gasteiger partial charge in [-0.2, -0.15) is 0 Å². The van der Waals surface area contributed by atoms with Gasteiger partial charge in [-0.3, -0.25) is 4.79 Å². The van der Waals surface area contributed by atoms with Crippen LogP contribution in [0.3, 0.4) is 0 Å². The summed E-state index contributed by atoms with van der Waals surface area (Å²) in [6.07, 6.45) is 0.540. The van der Waals surface area contributed by atoms with Gasteiger partial charge in [0.25, 0.3) is 0 Å². The van der Waals surface area contributed by atoms with Crippen LogP contribution in [0.15, 0.2) is 30.4 Å². The van der Waals surface area contributed by atoms with Gasteiger partial charge in [-0.15, -0.1) is 0 Å². The molecule has 0 unspecified atom stereocenters. The van der Waals surface area contributed by atoms with Gasteiger partial charge < -0.3 is 9.47 Å². The van der Waals surface area contributed by atoms with E-state index in [1.54, 1.807) is 19.1 Å². The smallest absolute Gasteiger partial charge is 0.344 e. The van der Waals surface area contributed by atoms with Gasteiger partial charge in [0.1, 0.15) is 5.75 Å². The molecule has 0 aliphatic heterocycles. The Bertz CT molecular complexity index is 523. The fourth-order valence-electron chi connectivity index (χ4n) is 1.49. The minimum absolute atomic E-state index is 0.219. The van der Waals surface area contributed by atoms with E-state index in [0.29, 0.717) is 22.6 Å². The van der Waals surface area contributed by atoms with Gasteiger partial charge in [0.2, 0.25) is 0 Å². The second-order valence-electron chi connectivity index (χ2n) is 4.02. The summed E-state index contributed by atoms with van der Waals surface area (Å²) in [5.41, 5.74) is 0.804. The minimum atomic E-state index is -0.500. The van der Waals surface area contributed by atoms with Gasteiger partial charge in [0, 0.05) is 5.02 Å². The third-order valence-corrected chi connectivity index (χ3v) is 2.82. The Morgan fingerprint density at radius 3 is 2.60 bits per heavy atom. The molecular formula is C15H17ClO4. The van der Waals surface area contributed by atoms with Crippen LogP contribution in [0.5, 0.6) is 5.75 Å². The average molecular weight is 297 g/mol. The molecule has 0 saturated carbocycles. The van der Waals surface area contributed by atoms with Gasteiger partial charge in [0.05, 0.1) is 12.2 Å². The second kappa shape index (κ2) is 7.70. The molecule has 0 N–H and O–H groups in total. The van der Waals surface area contributed by atoms with Crippen LogP contribution in [0.25, 0.3) is 0 Å². The number of allylic oxidation sites excluding steroid dienone is 1. The first-order chi connectivity index (χ1) is 9.49. The molecule has 0 atom stereocenters. The number of rotatable bonds is 7. The zero-order valence-electron chi connectivity index (χ0n) is 11.6. The summed E-state index contributed by atoms with van der Waals surface area (Å²) in [4.78, 5) is 23.4. The SMILES string of the molecule is C=C(CC)C(=O)c1ccc(Cl)cc1OCC(=O)OCC. The van der Waals surface area contributed by atoms with Crippen molar-refractivity contribution in [2.45, 2.75) is 20.3 Å². The molecule has 108 valence electrons. The number of carbonyl (C=O) groups excluding carboxylic acids is 2. The fraction of sp³-hybridized carbons (Fsp3) is 0.333. The normalized spacial score (nSPS) is 9.95. The van der Waals surface area contributed by atoms with Crippen LogP contribution < -0.4 is 4.74 Å². The molecule has 0 heterocycles. The molecule has 0 bridgehead atoms. The van der Waals surface area contributed by atoms with Crippen molar-refractivity contribution in [2.75, 3.05) is 13.2 Å². The van der Waals surface area contributed by atoms with Crippen molar-refractivity contribution in [2.24, 2.45) is 0 Å². The first-order valence-electron chi connectivity index (χ1n) is 6.30. The van der Waals surface area contributed by atoms with Crippen LogP contribution in [0.4, 0.5) is 0 Å². The summed E-state index contributed by atoms with van der Waals surface area (Å²) in [6, 6.07) is 4.65. The number of hydrogen-bond acceptors (Lipinski definition) is 4. The van der Waals surface area contributed by atoms with E-state index in [2.05, 4.69) is 6.58 Å². The molecule has 1 aromatic carbocycles. The summed E-state index contributed by atoms with van der Waals surface area (Å²) >= 11 is 5.88. The summed E-state index contributed by atoms with van der Waals surface area (Å²) in [6.45, 7) is 7.26. The Morgan fingerprint density at radius 1 is 1.30 bits per heavy atom. The van der Waals surface area contributed by atoms with Gasteiger partial charge in [-0.05, 0) is 37.1 Å². The standard InChI is InChI=1S/C15H17ClO4/c1-4-10(3)15(18)12-7-6-11(16)8-13(12)20-9-14(17)19-5-2/h6-8H,3-5,9H2,1-2H3.